The topological polar surface area (TPSA) is 19.0 Å². The van der Waals surface area contributed by atoms with Gasteiger partial charge in [0.25, 0.3) is 0 Å². The van der Waals surface area contributed by atoms with E-state index in [-0.39, 0.29) is 5.41 Å². The first-order valence-corrected chi connectivity index (χ1v) is 6.00. The molecule has 0 saturated carbocycles. The van der Waals surface area contributed by atoms with Crippen LogP contribution in [0.2, 0.25) is 0 Å². The maximum absolute atomic E-state index is 5.61. The Morgan fingerprint density at radius 2 is 1.88 bits per heavy atom. The van der Waals surface area contributed by atoms with Crippen molar-refractivity contribution in [2.24, 2.45) is 5.41 Å². The van der Waals surface area contributed by atoms with E-state index in [1.165, 1.54) is 0 Å². The Balaban J connectivity index is 2.66. The van der Waals surface area contributed by atoms with Crippen molar-refractivity contribution in [1.82, 2.24) is 14.7 Å². The van der Waals surface area contributed by atoms with Crippen molar-refractivity contribution >= 4 is 0 Å². The van der Waals surface area contributed by atoms with Gasteiger partial charge in [0.2, 0.25) is 0 Å². The zero-order chi connectivity index (χ0) is 12.9. The second-order valence-corrected chi connectivity index (χ2v) is 5.60. The van der Waals surface area contributed by atoms with Crippen LogP contribution in [0.25, 0.3) is 0 Å². The van der Waals surface area contributed by atoms with Gasteiger partial charge in [0.05, 0.1) is 13.3 Å². The third-order valence-electron chi connectivity index (χ3n) is 2.94. The first-order chi connectivity index (χ1) is 7.97. The quantitative estimate of drug-likeness (QED) is 0.497. The summed E-state index contributed by atoms with van der Waals surface area (Å²) in [6, 6.07) is 0. The molecule has 0 unspecified atom stereocenters. The molecule has 4 nitrogen and oxygen atoms in total. The van der Waals surface area contributed by atoms with Crippen molar-refractivity contribution in [1.29, 1.82) is 0 Å². The van der Waals surface area contributed by atoms with E-state index in [1.54, 1.807) is 0 Å². The zero-order valence-electron chi connectivity index (χ0n) is 11.6. The summed E-state index contributed by atoms with van der Waals surface area (Å²) in [6.07, 6.45) is 5.24. The summed E-state index contributed by atoms with van der Waals surface area (Å²) < 4.78 is 5.61. The molecule has 4 heteroatoms. The molecule has 1 heterocycles. The van der Waals surface area contributed by atoms with Crippen molar-refractivity contribution in [2.75, 3.05) is 67.7 Å². The molecule has 1 rings (SSSR count). The Morgan fingerprint density at radius 1 is 1.29 bits per heavy atom. The minimum atomic E-state index is 0.155. The fourth-order valence-electron chi connectivity index (χ4n) is 2.94. The summed E-state index contributed by atoms with van der Waals surface area (Å²) in [4.78, 5) is 6.91. The van der Waals surface area contributed by atoms with E-state index in [1.807, 2.05) is 0 Å². The minimum absolute atomic E-state index is 0.155. The smallest absolute Gasteiger partial charge is 0.107 e. The molecule has 0 bridgehead atoms. The van der Waals surface area contributed by atoms with Crippen LogP contribution in [0.15, 0.2) is 0 Å². The van der Waals surface area contributed by atoms with Crippen LogP contribution in [0.3, 0.4) is 0 Å². The summed E-state index contributed by atoms with van der Waals surface area (Å²) in [5, 5.41) is 0. The molecule has 1 aliphatic rings. The van der Waals surface area contributed by atoms with E-state index >= 15 is 0 Å². The van der Waals surface area contributed by atoms with E-state index in [4.69, 9.17) is 11.2 Å². The Labute approximate surface area is 106 Å². The highest BCUT2D eigenvalue weighted by Gasteiger charge is 2.37. The van der Waals surface area contributed by atoms with Gasteiger partial charge in [-0.15, -0.1) is 6.42 Å². The van der Waals surface area contributed by atoms with Crippen LogP contribution in [0, 0.1) is 17.8 Å². The molecule has 0 aromatic heterocycles. The van der Waals surface area contributed by atoms with Crippen LogP contribution < -0.4 is 0 Å². The van der Waals surface area contributed by atoms with E-state index in [0.29, 0.717) is 6.61 Å². The number of ether oxygens (including phenoxy) is 1. The lowest BCUT2D eigenvalue weighted by atomic mass is 9.85. The zero-order valence-corrected chi connectivity index (χ0v) is 11.6. The van der Waals surface area contributed by atoms with Crippen LogP contribution in [-0.2, 0) is 4.74 Å². The van der Waals surface area contributed by atoms with Crippen LogP contribution in [0.5, 0.6) is 0 Å². The number of hydrogen-bond donors (Lipinski definition) is 0. The Morgan fingerprint density at radius 3 is 2.35 bits per heavy atom. The van der Waals surface area contributed by atoms with E-state index in [9.17, 15) is 0 Å². The van der Waals surface area contributed by atoms with Gasteiger partial charge in [-0.3, -0.25) is 9.80 Å². The second-order valence-electron chi connectivity index (χ2n) is 5.60. The van der Waals surface area contributed by atoms with Gasteiger partial charge >= 0.3 is 0 Å². The Kier molecular flexibility index (Phi) is 5.41. The largest absolute Gasteiger partial charge is 0.368 e. The molecule has 1 saturated heterocycles. The van der Waals surface area contributed by atoms with Gasteiger partial charge in [0.15, 0.2) is 0 Å². The van der Waals surface area contributed by atoms with Crippen molar-refractivity contribution in [3.05, 3.63) is 0 Å². The van der Waals surface area contributed by atoms with Gasteiger partial charge in [-0.25, -0.2) is 0 Å². The molecule has 1 fully saturated rings. The Bertz CT molecular complexity index is 257. The highest BCUT2D eigenvalue weighted by Crippen LogP contribution is 2.25. The predicted octanol–water partition coefficient (Wildman–Crippen LogP) is 0.0189. The number of hydrogen-bond acceptors (Lipinski definition) is 4. The second kappa shape index (κ2) is 6.36. The summed E-state index contributed by atoms with van der Waals surface area (Å²) >= 11 is 0. The molecule has 0 aromatic rings. The first kappa shape index (κ1) is 14.5. The van der Waals surface area contributed by atoms with E-state index in [0.717, 1.165) is 32.9 Å². The molecule has 0 N–H and O–H groups in total. The van der Waals surface area contributed by atoms with Gasteiger partial charge in [0, 0.05) is 25.0 Å². The summed E-state index contributed by atoms with van der Waals surface area (Å²) in [5.41, 5.74) is 0.155. The van der Waals surface area contributed by atoms with Crippen LogP contribution >= 0.6 is 0 Å². The van der Waals surface area contributed by atoms with Crippen molar-refractivity contribution in [3.63, 3.8) is 0 Å². The molecular weight excluding hydrogens is 214 g/mol. The van der Waals surface area contributed by atoms with Crippen molar-refractivity contribution < 1.29 is 4.74 Å². The lowest BCUT2D eigenvalue weighted by Gasteiger charge is -2.46. The molecule has 0 atom stereocenters. The molecule has 0 aliphatic carbocycles. The normalized spacial score (nSPS) is 21.6. The Hall–Kier alpha value is -0.600. The third-order valence-corrected chi connectivity index (χ3v) is 2.94. The molecule has 17 heavy (non-hydrogen) atoms. The third kappa shape index (κ3) is 4.64. The minimum Gasteiger partial charge on any atom is -0.368 e. The molecule has 0 spiro atoms. The maximum atomic E-state index is 5.61. The van der Waals surface area contributed by atoms with Gasteiger partial charge in [0.1, 0.15) is 6.61 Å². The van der Waals surface area contributed by atoms with Gasteiger partial charge in [-0.1, -0.05) is 5.92 Å². The summed E-state index contributed by atoms with van der Waals surface area (Å²) in [7, 11) is 8.53. The van der Waals surface area contributed by atoms with Gasteiger partial charge in [-0.05, 0) is 28.2 Å². The average Bonchev–Trinajstić information content (AvgIpc) is 2.14. The fourth-order valence-corrected chi connectivity index (χ4v) is 2.94. The van der Waals surface area contributed by atoms with Crippen molar-refractivity contribution in [2.45, 2.75) is 0 Å². The van der Waals surface area contributed by atoms with Gasteiger partial charge in [-0.2, -0.15) is 0 Å². The molecule has 98 valence electrons. The van der Waals surface area contributed by atoms with Crippen LogP contribution in [-0.4, -0.2) is 82.4 Å². The monoisotopic (exact) mass is 239 g/mol. The van der Waals surface area contributed by atoms with Crippen molar-refractivity contribution in [3.8, 4) is 12.3 Å². The summed E-state index contributed by atoms with van der Waals surface area (Å²) in [6.45, 7) is 5.28. The fraction of sp³-hybridized carbons (Fsp3) is 0.846. The lowest BCUT2D eigenvalue weighted by Crippen LogP contribution is -2.58. The van der Waals surface area contributed by atoms with E-state index in [2.05, 4.69) is 48.8 Å². The van der Waals surface area contributed by atoms with Gasteiger partial charge < -0.3 is 9.64 Å². The number of rotatable bonds is 5. The highest BCUT2D eigenvalue weighted by molar-refractivity contribution is 4.91. The lowest BCUT2D eigenvalue weighted by molar-refractivity contribution is -0.0453. The molecule has 0 radical (unpaired) electrons. The van der Waals surface area contributed by atoms with Crippen LogP contribution in [0.1, 0.15) is 0 Å². The first-order valence-electron chi connectivity index (χ1n) is 6.00. The van der Waals surface area contributed by atoms with E-state index < -0.39 is 0 Å². The van der Waals surface area contributed by atoms with Crippen LogP contribution in [0.4, 0.5) is 0 Å². The molecule has 0 amide bonds. The highest BCUT2D eigenvalue weighted by atomic mass is 16.5. The SMILES string of the molecule is C#CCOCC1(CN(C)C)CN(C)CN(C)C1. The molecule has 1 aliphatic heterocycles. The standard InChI is InChI=1S/C13H25N3O/c1-6-7-17-11-13(8-14(2)3)9-15(4)12-16(5)10-13/h1H,7-12H2,2-5H3. The molecule has 0 aromatic carbocycles. The number of terminal acetylenes is 1. The number of nitrogens with zero attached hydrogens (tertiary/aromatic N) is 3. The average molecular weight is 239 g/mol. The maximum Gasteiger partial charge on any atom is 0.107 e. The molecular formula is C13H25N3O. The predicted molar refractivity (Wildman–Crippen MR) is 70.8 cm³/mol. The summed E-state index contributed by atoms with van der Waals surface area (Å²) in [5.74, 6) is 2.54.